The predicted molar refractivity (Wildman–Crippen MR) is 74.9 cm³/mol. The van der Waals surface area contributed by atoms with Crippen molar-refractivity contribution in [2.24, 2.45) is 0 Å². The Kier molecular flexibility index (Phi) is 7.15. The summed E-state index contributed by atoms with van der Waals surface area (Å²) in [5.74, 6) is -0.253. The average Bonchev–Trinajstić information content (AvgIpc) is 2.43. The van der Waals surface area contributed by atoms with Crippen LogP contribution in [-0.4, -0.2) is 31.8 Å². The van der Waals surface area contributed by atoms with Crippen molar-refractivity contribution in [3.05, 3.63) is 35.9 Å². The third kappa shape index (κ3) is 5.41. The first-order chi connectivity index (χ1) is 9.19. The van der Waals surface area contributed by atoms with Crippen molar-refractivity contribution < 1.29 is 14.3 Å². The zero-order chi connectivity index (χ0) is 14.1. The Labute approximate surface area is 115 Å². The molecule has 0 aliphatic carbocycles. The molecule has 4 heteroatoms. The van der Waals surface area contributed by atoms with E-state index in [4.69, 9.17) is 9.47 Å². The molecule has 0 aliphatic rings. The highest BCUT2D eigenvalue weighted by atomic mass is 16.5. The van der Waals surface area contributed by atoms with Gasteiger partial charge in [-0.2, -0.15) is 0 Å². The minimum absolute atomic E-state index is 0.0783. The standard InChI is InChI=1S/C15H23NO3/c1-4-18-11-12(3)16-14(15(17)19-5-2)13-9-7-6-8-10-13/h6-10,12,14,16H,4-5,11H2,1-3H3. The van der Waals surface area contributed by atoms with Gasteiger partial charge in [-0.1, -0.05) is 30.3 Å². The van der Waals surface area contributed by atoms with E-state index in [1.807, 2.05) is 51.1 Å². The van der Waals surface area contributed by atoms with Gasteiger partial charge in [0.2, 0.25) is 0 Å². The van der Waals surface area contributed by atoms with Gasteiger partial charge in [-0.15, -0.1) is 0 Å². The fraction of sp³-hybridized carbons (Fsp3) is 0.533. The van der Waals surface area contributed by atoms with Crippen LogP contribution in [0.1, 0.15) is 32.4 Å². The van der Waals surface area contributed by atoms with Crippen molar-refractivity contribution in [1.29, 1.82) is 0 Å². The average molecular weight is 265 g/mol. The SMILES string of the molecule is CCOCC(C)NC(C(=O)OCC)c1ccccc1. The first-order valence-corrected chi connectivity index (χ1v) is 6.74. The van der Waals surface area contributed by atoms with Gasteiger partial charge in [0, 0.05) is 12.6 Å². The molecular weight excluding hydrogens is 242 g/mol. The Balaban J connectivity index is 2.73. The summed E-state index contributed by atoms with van der Waals surface area (Å²) in [5.41, 5.74) is 0.907. The van der Waals surface area contributed by atoms with Crippen molar-refractivity contribution in [2.75, 3.05) is 19.8 Å². The molecule has 2 unspecified atom stereocenters. The quantitative estimate of drug-likeness (QED) is 0.733. The molecule has 0 aromatic heterocycles. The van der Waals surface area contributed by atoms with Gasteiger partial charge in [-0.3, -0.25) is 5.32 Å². The summed E-state index contributed by atoms with van der Waals surface area (Å²) < 4.78 is 10.5. The Hall–Kier alpha value is -1.39. The molecule has 2 atom stereocenters. The third-order valence-corrected chi connectivity index (χ3v) is 2.68. The normalized spacial score (nSPS) is 13.8. The van der Waals surface area contributed by atoms with Gasteiger partial charge in [0.1, 0.15) is 6.04 Å². The lowest BCUT2D eigenvalue weighted by molar-refractivity contribution is -0.146. The highest BCUT2D eigenvalue weighted by Gasteiger charge is 2.23. The molecule has 0 aliphatic heterocycles. The molecule has 0 saturated heterocycles. The minimum atomic E-state index is -0.448. The lowest BCUT2D eigenvalue weighted by Gasteiger charge is -2.22. The maximum Gasteiger partial charge on any atom is 0.327 e. The number of esters is 1. The Morgan fingerprint density at radius 3 is 2.47 bits per heavy atom. The Morgan fingerprint density at radius 2 is 1.89 bits per heavy atom. The fourth-order valence-electron chi connectivity index (χ4n) is 1.80. The first kappa shape index (κ1) is 15.7. The van der Waals surface area contributed by atoms with E-state index in [2.05, 4.69) is 5.32 Å². The van der Waals surface area contributed by atoms with Crippen LogP contribution in [0.15, 0.2) is 30.3 Å². The summed E-state index contributed by atoms with van der Waals surface area (Å²) in [6.45, 7) is 7.37. The second-order valence-electron chi connectivity index (χ2n) is 4.32. The van der Waals surface area contributed by atoms with E-state index in [9.17, 15) is 4.79 Å². The monoisotopic (exact) mass is 265 g/mol. The topological polar surface area (TPSA) is 47.6 Å². The number of rotatable bonds is 8. The molecular formula is C15H23NO3. The molecule has 1 aromatic rings. The molecule has 0 fully saturated rings. The van der Waals surface area contributed by atoms with Crippen molar-refractivity contribution in [3.8, 4) is 0 Å². The minimum Gasteiger partial charge on any atom is -0.465 e. The van der Waals surface area contributed by atoms with Crippen molar-refractivity contribution in [3.63, 3.8) is 0 Å². The summed E-state index contributed by atoms with van der Waals surface area (Å²) in [7, 11) is 0. The van der Waals surface area contributed by atoms with Gasteiger partial charge in [-0.25, -0.2) is 4.79 Å². The van der Waals surface area contributed by atoms with E-state index in [0.717, 1.165) is 5.56 Å². The van der Waals surface area contributed by atoms with Crippen molar-refractivity contribution >= 4 is 5.97 Å². The molecule has 0 saturated carbocycles. The van der Waals surface area contributed by atoms with Crippen LogP contribution in [0.25, 0.3) is 0 Å². The van der Waals surface area contributed by atoms with Gasteiger partial charge in [0.25, 0.3) is 0 Å². The van der Waals surface area contributed by atoms with Crippen LogP contribution in [0.5, 0.6) is 0 Å². The third-order valence-electron chi connectivity index (χ3n) is 2.68. The van der Waals surface area contributed by atoms with Crippen LogP contribution in [-0.2, 0) is 14.3 Å². The summed E-state index contributed by atoms with van der Waals surface area (Å²) in [5, 5.41) is 3.25. The number of carbonyl (C=O) groups is 1. The molecule has 1 N–H and O–H groups in total. The zero-order valence-corrected chi connectivity index (χ0v) is 11.9. The summed E-state index contributed by atoms with van der Waals surface area (Å²) in [6.07, 6.45) is 0. The molecule has 0 bridgehead atoms. The second kappa shape index (κ2) is 8.67. The molecule has 106 valence electrons. The predicted octanol–water partition coefficient (Wildman–Crippen LogP) is 2.31. The fourth-order valence-corrected chi connectivity index (χ4v) is 1.80. The molecule has 19 heavy (non-hydrogen) atoms. The van der Waals surface area contributed by atoms with E-state index in [0.29, 0.717) is 19.8 Å². The zero-order valence-electron chi connectivity index (χ0n) is 11.9. The van der Waals surface area contributed by atoms with Crippen LogP contribution < -0.4 is 5.32 Å². The first-order valence-electron chi connectivity index (χ1n) is 6.74. The number of hydrogen-bond acceptors (Lipinski definition) is 4. The van der Waals surface area contributed by atoms with Gasteiger partial charge < -0.3 is 9.47 Å². The van der Waals surface area contributed by atoms with Crippen LogP contribution in [0.3, 0.4) is 0 Å². The maximum atomic E-state index is 12.0. The van der Waals surface area contributed by atoms with Crippen molar-refractivity contribution in [1.82, 2.24) is 5.32 Å². The molecule has 0 heterocycles. The van der Waals surface area contributed by atoms with E-state index in [1.165, 1.54) is 0 Å². The molecule has 0 radical (unpaired) electrons. The highest BCUT2D eigenvalue weighted by molar-refractivity contribution is 5.77. The van der Waals surface area contributed by atoms with Crippen LogP contribution >= 0.6 is 0 Å². The van der Waals surface area contributed by atoms with Crippen LogP contribution in [0.4, 0.5) is 0 Å². The Morgan fingerprint density at radius 1 is 1.21 bits per heavy atom. The number of ether oxygens (including phenoxy) is 2. The number of benzene rings is 1. The van der Waals surface area contributed by atoms with Crippen LogP contribution in [0.2, 0.25) is 0 Å². The molecule has 0 spiro atoms. The van der Waals surface area contributed by atoms with Gasteiger partial charge in [0.15, 0.2) is 0 Å². The molecule has 0 amide bonds. The van der Waals surface area contributed by atoms with E-state index in [1.54, 1.807) is 0 Å². The summed E-state index contributed by atoms with van der Waals surface area (Å²) in [6, 6.07) is 9.22. The molecule has 1 rings (SSSR count). The number of nitrogens with one attached hydrogen (secondary N) is 1. The van der Waals surface area contributed by atoms with Gasteiger partial charge in [-0.05, 0) is 26.3 Å². The summed E-state index contributed by atoms with van der Waals surface area (Å²) in [4.78, 5) is 12.0. The second-order valence-corrected chi connectivity index (χ2v) is 4.32. The van der Waals surface area contributed by atoms with E-state index >= 15 is 0 Å². The van der Waals surface area contributed by atoms with E-state index < -0.39 is 6.04 Å². The number of hydrogen-bond donors (Lipinski definition) is 1. The van der Waals surface area contributed by atoms with Crippen molar-refractivity contribution in [2.45, 2.75) is 32.9 Å². The maximum absolute atomic E-state index is 12.0. The largest absolute Gasteiger partial charge is 0.465 e. The summed E-state index contributed by atoms with van der Waals surface area (Å²) >= 11 is 0. The van der Waals surface area contributed by atoms with Crippen LogP contribution in [0, 0.1) is 0 Å². The lowest BCUT2D eigenvalue weighted by atomic mass is 10.1. The lowest BCUT2D eigenvalue weighted by Crippen LogP contribution is -2.38. The Bertz CT molecular complexity index is 367. The highest BCUT2D eigenvalue weighted by Crippen LogP contribution is 2.15. The van der Waals surface area contributed by atoms with Gasteiger partial charge in [0.05, 0.1) is 13.2 Å². The van der Waals surface area contributed by atoms with Gasteiger partial charge >= 0.3 is 5.97 Å². The molecule has 4 nitrogen and oxygen atoms in total. The number of carbonyl (C=O) groups excluding carboxylic acids is 1. The smallest absolute Gasteiger partial charge is 0.327 e. The molecule has 1 aromatic carbocycles. The van der Waals surface area contributed by atoms with E-state index in [-0.39, 0.29) is 12.0 Å².